The standard InChI is InChI=1S/C39H49N7O2/c1-28(2)16-24-45(25-17-29(3)4)39(47)33-18-26-46-35(27-33)34(9-8-23-44-21-6-5-7-22-44)36(42-46)30-10-12-31(13-11-30)37-41-38(48-43-37)32-14-19-40-20-15-32/h10-15,18-20,26-29H,5-9,16-17,21-25H2,1-4H3. The molecule has 0 saturated carbocycles. The fourth-order valence-electron chi connectivity index (χ4n) is 6.42. The summed E-state index contributed by atoms with van der Waals surface area (Å²) in [5.74, 6) is 2.19. The number of likely N-dealkylation sites (tertiary alicyclic amines) is 1. The summed E-state index contributed by atoms with van der Waals surface area (Å²) >= 11 is 0. The van der Waals surface area contributed by atoms with E-state index in [1.807, 2.05) is 41.0 Å². The third-order valence-electron chi connectivity index (χ3n) is 9.34. The molecule has 0 spiro atoms. The van der Waals surface area contributed by atoms with Crippen LogP contribution < -0.4 is 0 Å². The maximum absolute atomic E-state index is 14.0. The Morgan fingerprint density at radius 3 is 2.25 bits per heavy atom. The monoisotopic (exact) mass is 647 g/mol. The van der Waals surface area contributed by atoms with Crippen LogP contribution >= 0.6 is 0 Å². The molecule has 6 rings (SSSR count). The van der Waals surface area contributed by atoms with Crippen LogP contribution in [0.2, 0.25) is 0 Å². The number of pyridine rings is 2. The van der Waals surface area contributed by atoms with Crippen LogP contribution in [-0.2, 0) is 6.42 Å². The molecular weight excluding hydrogens is 598 g/mol. The van der Waals surface area contributed by atoms with Crippen molar-refractivity contribution in [3.8, 4) is 34.1 Å². The Labute approximate surface area is 284 Å². The molecule has 1 saturated heterocycles. The minimum absolute atomic E-state index is 0.108. The van der Waals surface area contributed by atoms with Crippen LogP contribution in [0.3, 0.4) is 0 Å². The zero-order valence-electron chi connectivity index (χ0n) is 28.9. The number of fused-ring (bicyclic) bond motifs is 1. The summed E-state index contributed by atoms with van der Waals surface area (Å²) in [4.78, 5) is 27.3. The van der Waals surface area contributed by atoms with Crippen molar-refractivity contribution < 1.29 is 9.32 Å². The van der Waals surface area contributed by atoms with Crippen molar-refractivity contribution in [2.24, 2.45) is 11.8 Å². The van der Waals surface area contributed by atoms with Crippen LogP contribution in [0.15, 0.2) is 71.6 Å². The molecule has 9 nitrogen and oxygen atoms in total. The average Bonchev–Trinajstić information content (AvgIpc) is 3.74. The quantitative estimate of drug-likeness (QED) is 0.120. The highest BCUT2D eigenvalue weighted by molar-refractivity contribution is 5.95. The largest absolute Gasteiger partial charge is 0.339 e. The third-order valence-corrected chi connectivity index (χ3v) is 9.34. The van der Waals surface area contributed by atoms with E-state index in [1.54, 1.807) is 12.4 Å². The van der Waals surface area contributed by atoms with Crippen molar-refractivity contribution in [1.82, 2.24) is 34.5 Å². The summed E-state index contributed by atoms with van der Waals surface area (Å²) in [5, 5.41) is 9.30. The van der Waals surface area contributed by atoms with Gasteiger partial charge in [-0.05, 0) is 94.3 Å². The molecule has 252 valence electrons. The summed E-state index contributed by atoms with van der Waals surface area (Å²) in [7, 11) is 0. The first-order valence-electron chi connectivity index (χ1n) is 17.7. The van der Waals surface area contributed by atoms with E-state index >= 15 is 0 Å². The second-order valence-electron chi connectivity index (χ2n) is 14.0. The molecule has 0 aliphatic carbocycles. The van der Waals surface area contributed by atoms with E-state index in [9.17, 15) is 4.79 Å². The number of piperidine rings is 1. The lowest BCUT2D eigenvalue weighted by Gasteiger charge is -2.26. The molecular formula is C39H49N7O2. The van der Waals surface area contributed by atoms with Crippen molar-refractivity contribution in [3.63, 3.8) is 0 Å². The van der Waals surface area contributed by atoms with Gasteiger partial charge in [0.25, 0.3) is 11.8 Å². The van der Waals surface area contributed by atoms with Crippen LogP contribution in [0.25, 0.3) is 39.6 Å². The minimum atomic E-state index is 0.108. The highest BCUT2D eigenvalue weighted by Gasteiger charge is 2.21. The summed E-state index contributed by atoms with van der Waals surface area (Å²) < 4.78 is 7.48. The summed E-state index contributed by atoms with van der Waals surface area (Å²) in [6.07, 6.45) is 13.2. The first-order chi connectivity index (χ1) is 23.4. The predicted molar refractivity (Wildman–Crippen MR) is 191 cm³/mol. The van der Waals surface area contributed by atoms with E-state index in [2.05, 4.69) is 70.8 Å². The molecule has 9 heteroatoms. The van der Waals surface area contributed by atoms with Gasteiger partial charge in [0.1, 0.15) is 0 Å². The molecule has 0 radical (unpaired) electrons. The summed E-state index contributed by atoms with van der Waals surface area (Å²) in [6.45, 7) is 13.9. The zero-order valence-corrected chi connectivity index (χ0v) is 28.9. The van der Waals surface area contributed by atoms with E-state index in [-0.39, 0.29) is 5.91 Å². The van der Waals surface area contributed by atoms with Crippen molar-refractivity contribution >= 4 is 11.4 Å². The molecule has 1 aromatic carbocycles. The molecule has 1 amide bonds. The van der Waals surface area contributed by atoms with Crippen molar-refractivity contribution in [2.75, 3.05) is 32.7 Å². The molecule has 0 unspecified atom stereocenters. The van der Waals surface area contributed by atoms with Crippen LogP contribution in [-0.4, -0.2) is 73.2 Å². The Morgan fingerprint density at radius 1 is 0.875 bits per heavy atom. The molecule has 1 aliphatic heterocycles. The van der Waals surface area contributed by atoms with Gasteiger partial charge in [-0.2, -0.15) is 10.1 Å². The van der Waals surface area contributed by atoms with Gasteiger partial charge < -0.3 is 14.3 Å². The molecule has 0 atom stereocenters. The van der Waals surface area contributed by atoms with Gasteiger partial charge in [0.05, 0.1) is 11.2 Å². The van der Waals surface area contributed by atoms with Crippen LogP contribution in [0.4, 0.5) is 0 Å². The zero-order chi connectivity index (χ0) is 33.5. The fraction of sp³-hybridized carbons (Fsp3) is 0.462. The normalized spacial score (nSPS) is 14.0. The molecule has 5 heterocycles. The third kappa shape index (κ3) is 8.19. The van der Waals surface area contributed by atoms with Crippen LogP contribution in [0.5, 0.6) is 0 Å². The number of amides is 1. The molecule has 5 aromatic rings. The topological polar surface area (TPSA) is 92.7 Å². The number of rotatable bonds is 14. The number of hydrogen-bond acceptors (Lipinski definition) is 7. The second kappa shape index (κ2) is 15.7. The van der Waals surface area contributed by atoms with Crippen molar-refractivity contribution in [1.29, 1.82) is 0 Å². The van der Waals surface area contributed by atoms with Gasteiger partial charge in [-0.15, -0.1) is 0 Å². The highest BCUT2D eigenvalue weighted by Crippen LogP contribution is 2.31. The Bertz CT molecular complexity index is 1760. The smallest absolute Gasteiger partial charge is 0.258 e. The minimum Gasteiger partial charge on any atom is -0.339 e. The first kappa shape index (κ1) is 33.5. The molecule has 0 N–H and O–H groups in total. The van der Waals surface area contributed by atoms with Crippen LogP contribution in [0, 0.1) is 11.8 Å². The number of aryl methyl sites for hydroxylation is 1. The van der Waals surface area contributed by atoms with Gasteiger partial charge in [-0.3, -0.25) is 9.78 Å². The van der Waals surface area contributed by atoms with Crippen molar-refractivity contribution in [2.45, 2.75) is 72.6 Å². The van der Waals surface area contributed by atoms with E-state index in [0.29, 0.717) is 23.6 Å². The first-order valence-corrected chi connectivity index (χ1v) is 17.7. The maximum atomic E-state index is 14.0. The second-order valence-corrected chi connectivity index (χ2v) is 14.0. The van der Waals surface area contributed by atoms with Gasteiger partial charge in [-0.1, -0.05) is 63.5 Å². The Balaban J connectivity index is 1.29. The molecule has 1 aliphatic rings. The Hall–Kier alpha value is -4.37. The van der Waals surface area contributed by atoms with E-state index in [1.165, 1.54) is 37.9 Å². The lowest BCUT2D eigenvalue weighted by Crippen LogP contribution is -2.34. The Kier molecular flexibility index (Phi) is 11.0. The SMILES string of the molecule is CC(C)CCN(CCC(C)C)C(=O)c1ccn2nc(-c3ccc(-c4noc(-c5ccncc5)n4)cc3)c(CCCN3CCCCC3)c2c1. The number of nitrogens with zero attached hydrogens (tertiary/aromatic N) is 7. The number of aromatic nitrogens is 5. The van der Waals surface area contributed by atoms with Crippen LogP contribution in [0.1, 0.15) is 82.1 Å². The van der Waals surface area contributed by atoms with E-state index in [0.717, 1.165) is 78.8 Å². The number of carbonyl (C=O) groups excluding carboxylic acids is 1. The molecule has 48 heavy (non-hydrogen) atoms. The van der Waals surface area contributed by atoms with E-state index < -0.39 is 0 Å². The number of carbonyl (C=O) groups is 1. The van der Waals surface area contributed by atoms with Gasteiger partial charge in [0, 0.05) is 59.5 Å². The van der Waals surface area contributed by atoms with Crippen molar-refractivity contribution in [3.05, 3.63) is 78.2 Å². The van der Waals surface area contributed by atoms with Gasteiger partial charge >= 0.3 is 0 Å². The fourth-order valence-corrected chi connectivity index (χ4v) is 6.42. The lowest BCUT2D eigenvalue weighted by atomic mass is 10.00. The molecule has 1 fully saturated rings. The maximum Gasteiger partial charge on any atom is 0.258 e. The predicted octanol–water partition coefficient (Wildman–Crippen LogP) is 8.07. The highest BCUT2D eigenvalue weighted by atomic mass is 16.5. The van der Waals surface area contributed by atoms with Gasteiger partial charge in [0.15, 0.2) is 0 Å². The molecule has 0 bridgehead atoms. The Morgan fingerprint density at radius 2 is 1.56 bits per heavy atom. The molecule has 4 aromatic heterocycles. The number of hydrogen-bond donors (Lipinski definition) is 0. The van der Waals surface area contributed by atoms with Gasteiger partial charge in [-0.25, -0.2) is 4.52 Å². The number of benzene rings is 1. The summed E-state index contributed by atoms with van der Waals surface area (Å²) in [5.41, 5.74) is 6.60. The summed E-state index contributed by atoms with van der Waals surface area (Å²) in [6, 6.07) is 15.9. The lowest BCUT2D eigenvalue weighted by molar-refractivity contribution is 0.0741. The van der Waals surface area contributed by atoms with E-state index in [4.69, 9.17) is 9.62 Å². The van der Waals surface area contributed by atoms with Gasteiger partial charge in [0.2, 0.25) is 5.82 Å². The average molecular weight is 648 g/mol.